The number of hydrogen-bond acceptors (Lipinski definition) is 5. The van der Waals surface area contributed by atoms with E-state index in [9.17, 15) is 20.3 Å². The van der Waals surface area contributed by atoms with Gasteiger partial charge in [-0.15, -0.1) is 0 Å². The van der Waals surface area contributed by atoms with Crippen molar-refractivity contribution in [3.8, 4) is 5.75 Å². The number of nitro benzene ring substituents is 1. The van der Waals surface area contributed by atoms with Crippen molar-refractivity contribution in [2.45, 2.75) is 26.0 Å². The van der Waals surface area contributed by atoms with E-state index >= 15 is 0 Å². The minimum Gasteiger partial charge on any atom is -0.502 e. The molecule has 1 aromatic rings. The number of halogens is 1. The number of aliphatic hydroxyl groups excluding tert-OH is 1. The first-order chi connectivity index (χ1) is 8.81. The molecule has 0 saturated heterocycles. The van der Waals surface area contributed by atoms with Gasteiger partial charge in [0.25, 0.3) is 0 Å². The van der Waals surface area contributed by atoms with Gasteiger partial charge < -0.3 is 15.1 Å². The van der Waals surface area contributed by atoms with Gasteiger partial charge in [0.1, 0.15) is 0 Å². The topological polar surface area (TPSA) is 86.8 Å². The number of aromatic hydroxyl groups is 1. The van der Waals surface area contributed by atoms with E-state index in [1.807, 2.05) is 4.90 Å². The Bertz CT molecular complexity index is 465. The number of hydrogen-bond donors (Lipinski definition) is 2. The number of phenols is 1. The summed E-state index contributed by atoms with van der Waals surface area (Å²) in [6.45, 7) is 2.62. The zero-order chi connectivity index (χ0) is 14.6. The number of nitro groups is 1. The maximum absolute atomic E-state index is 10.8. The number of phenolic OH excluding ortho intramolecular Hbond substituents is 1. The van der Waals surface area contributed by atoms with Gasteiger partial charge in [-0.05, 0) is 26.5 Å². The molecule has 0 aliphatic carbocycles. The number of benzene rings is 1. The minimum absolute atomic E-state index is 0.212. The molecule has 1 unspecified atom stereocenters. The average Bonchev–Trinajstić information content (AvgIpc) is 2.30. The van der Waals surface area contributed by atoms with Crippen LogP contribution in [0.25, 0.3) is 0 Å². The second-order valence-corrected chi connectivity index (χ2v) is 5.00. The molecule has 106 valence electrons. The van der Waals surface area contributed by atoms with E-state index < -0.39 is 16.7 Å². The fourth-order valence-electron chi connectivity index (χ4n) is 1.68. The second-order valence-electron chi connectivity index (χ2n) is 4.57. The summed E-state index contributed by atoms with van der Waals surface area (Å²) in [6, 6.07) is 2.62. The maximum Gasteiger partial charge on any atom is 0.312 e. The molecule has 0 aliphatic rings. The summed E-state index contributed by atoms with van der Waals surface area (Å²) in [7, 11) is 1.80. The lowest BCUT2D eigenvalue weighted by Crippen LogP contribution is -2.22. The fraction of sp³-hybridized carbons (Fsp3) is 0.500. The van der Waals surface area contributed by atoms with E-state index in [1.165, 1.54) is 6.07 Å². The van der Waals surface area contributed by atoms with E-state index in [1.54, 1.807) is 14.0 Å². The average molecular weight is 289 g/mol. The zero-order valence-corrected chi connectivity index (χ0v) is 11.6. The molecule has 0 amide bonds. The summed E-state index contributed by atoms with van der Waals surface area (Å²) in [6.07, 6.45) is 0.171. The van der Waals surface area contributed by atoms with Crippen LogP contribution in [0.5, 0.6) is 5.75 Å². The van der Waals surface area contributed by atoms with Gasteiger partial charge in [-0.3, -0.25) is 10.1 Å². The van der Waals surface area contributed by atoms with Gasteiger partial charge in [-0.2, -0.15) is 0 Å². The van der Waals surface area contributed by atoms with Gasteiger partial charge in [-0.1, -0.05) is 11.6 Å². The van der Waals surface area contributed by atoms with Crippen LogP contribution >= 0.6 is 11.6 Å². The van der Waals surface area contributed by atoms with Gasteiger partial charge in [0.2, 0.25) is 0 Å². The molecule has 0 spiro atoms. The molecule has 0 saturated carbocycles. The van der Waals surface area contributed by atoms with Gasteiger partial charge in [0, 0.05) is 29.7 Å². The third-order valence-corrected chi connectivity index (χ3v) is 2.92. The standard InChI is InChI=1S/C12H17ClN2O4/c1-8(16)3-4-14(2)7-9-5-10(13)6-11(12(9)17)15(18)19/h5-6,8,16-17H,3-4,7H2,1-2H3. The highest BCUT2D eigenvalue weighted by Crippen LogP contribution is 2.33. The Labute approximate surface area is 116 Å². The summed E-state index contributed by atoms with van der Waals surface area (Å²) < 4.78 is 0. The third-order valence-electron chi connectivity index (χ3n) is 2.70. The summed E-state index contributed by atoms with van der Waals surface area (Å²) in [4.78, 5) is 12.0. The molecular weight excluding hydrogens is 272 g/mol. The van der Waals surface area contributed by atoms with Crippen LogP contribution in [0.4, 0.5) is 5.69 Å². The molecule has 0 radical (unpaired) electrons. The van der Waals surface area contributed by atoms with Crippen LogP contribution in [0.3, 0.4) is 0 Å². The Balaban J connectivity index is 2.86. The van der Waals surface area contributed by atoms with Crippen LogP contribution < -0.4 is 0 Å². The van der Waals surface area contributed by atoms with Crippen LogP contribution in [0, 0.1) is 10.1 Å². The molecule has 19 heavy (non-hydrogen) atoms. The van der Waals surface area contributed by atoms with E-state index in [-0.39, 0.29) is 10.8 Å². The normalized spacial score (nSPS) is 12.7. The molecule has 0 bridgehead atoms. The smallest absolute Gasteiger partial charge is 0.312 e. The highest BCUT2D eigenvalue weighted by atomic mass is 35.5. The Morgan fingerprint density at radius 1 is 1.53 bits per heavy atom. The first-order valence-corrected chi connectivity index (χ1v) is 6.21. The Morgan fingerprint density at radius 2 is 2.16 bits per heavy atom. The Kier molecular flexibility index (Phi) is 5.53. The fourth-order valence-corrected chi connectivity index (χ4v) is 1.91. The SMILES string of the molecule is CC(O)CCN(C)Cc1cc(Cl)cc([N+](=O)[O-])c1O. The lowest BCUT2D eigenvalue weighted by atomic mass is 10.1. The Hall–Kier alpha value is -1.37. The highest BCUT2D eigenvalue weighted by molar-refractivity contribution is 6.31. The zero-order valence-electron chi connectivity index (χ0n) is 10.8. The predicted octanol–water partition coefficient (Wildman–Crippen LogP) is 2.16. The molecule has 1 rings (SSSR count). The maximum atomic E-state index is 10.8. The summed E-state index contributed by atoms with van der Waals surface area (Å²) in [5.74, 6) is -0.363. The quantitative estimate of drug-likeness (QED) is 0.619. The lowest BCUT2D eigenvalue weighted by Gasteiger charge is -2.18. The molecule has 0 heterocycles. The minimum atomic E-state index is -0.666. The van der Waals surface area contributed by atoms with Crippen molar-refractivity contribution in [2.75, 3.05) is 13.6 Å². The molecule has 0 aromatic heterocycles. The van der Waals surface area contributed by atoms with Crippen molar-refractivity contribution in [2.24, 2.45) is 0 Å². The van der Waals surface area contributed by atoms with E-state index in [0.717, 1.165) is 6.07 Å². The van der Waals surface area contributed by atoms with Crippen LogP contribution in [0.1, 0.15) is 18.9 Å². The number of aliphatic hydroxyl groups is 1. The van der Waals surface area contributed by atoms with Gasteiger partial charge in [0.05, 0.1) is 11.0 Å². The number of nitrogens with zero attached hydrogens (tertiary/aromatic N) is 2. The van der Waals surface area contributed by atoms with E-state index in [0.29, 0.717) is 25.1 Å². The van der Waals surface area contributed by atoms with Crippen molar-refractivity contribution in [3.63, 3.8) is 0 Å². The molecule has 7 heteroatoms. The molecule has 0 fully saturated rings. The first kappa shape index (κ1) is 15.7. The van der Waals surface area contributed by atoms with Crippen LogP contribution in [-0.2, 0) is 6.54 Å². The molecule has 2 N–H and O–H groups in total. The lowest BCUT2D eigenvalue weighted by molar-refractivity contribution is -0.385. The van der Waals surface area contributed by atoms with Gasteiger partial charge in [-0.25, -0.2) is 0 Å². The first-order valence-electron chi connectivity index (χ1n) is 5.83. The second kappa shape index (κ2) is 6.70. The van der Waals surface area contributed by atoms with E-state index in [4.69, 9.17) is 11.6 Å². The highest BCUT2D eigenvalue weighted by Gasteiger charge is 2.19. The van der Waals surface area contributed by atoms with Crippen LogP contribution in [0.15, 0.2) is 12.1 Å². The predicted molar refractivity (Wildman–Crippen MR) is 72.4 cm³/mol. The summed E-state index contributed by atoms with van der Waals surface area (Å²) in [5.41, 5.74) is -0.00119. The van der Waals surface area contributed by atoms with Gasteiger partial charge in [0.15, 0.2) is 5.75 Å². The van der Waals surface area contributed by atoms with Crippen molar-refractivity contribution in [1.82, 2.24) is 4.90 Å². The largest absolute Gasteiger partial charge is 0.502 e. The van der Waals surface area contributed by atoms with Crippen molar-refractivity contribution in [1.29, 1.82) is 0 Å². The molecule has 0 aliphatic heterocycles. The van der Waals surface area contributed by atoms with Crippen LogP contribution in [-0.4, -0.2) is 39.7 Å². The van der Waals surface area contributed by atoms with Gasteiger partial charge >= 0.3 is 5.69 Å². The third kappa shape index (κ3) is 4.66. The van der Waals surface area contributed by atoms with Crippen molar-refractivity contribution in [3.05, 3.63) is 32.8 Å². The number of rotatable bonds is 6. The van der Waals surface area contributed by atoms with Crippen molar-refractivity contribution < 1.29 is 15.1 Å². The molecule has 1 aromatic carbocycles. The van der Waals surface area contributed by atoms with E-state index in [2.05, 4.69) is 0 Å². The Morgan fingerprint density at radius 3 is 2.68 bits per heavy atom. The molecular formula is C12H17ClN2O4. The summed E-state index contributed by atoms with van der Waals surface area (Å²) >= 11 is 5.80. The molecule has 6 nitrogen and oxygen atoms in total. The molecule has 1 atom stereocenters. The monoisotopic (exact) mass is 288 g/mol. The van der Waals surface area contributed by atoms with Crippen LogP contribution in [0.2, 0.25) is 5.02 Å². The van der Waals surface area contributed by atoms with Crippen molar-refractivity contribution >= 4 is 17.3 Å². The summed E-state index contributed by atoms with van der Waals surface area (Å²) in [5, 5.41) is 30.0.